The normalized spacial score (nSPS) is 15.7. The Bertz CT molecular complexity index is 407. The summed E-state index contributed by atoms with van der Waals surface area (Å²) in [6.07, 6.45) is 2.89. The Morgan fingerprint density at radius 2 is 1.90 bits per heavy atom. The van der Waals surface area contributed by atoms with Crippen LogP contribution < -0.4 is 11.1 Å². The van der Waals surface area contributed by atoms with Gasteiger partial charge in [0.05, 0.1) is 0 Å². The summed E-state index contributed by atoms with van der Waals surface area (Å²) in [5.74, 6) is 0.515. The van der Waals surface area contributed by atoms with Gasteiger partial charge >= 0.3 is 0 Å². The molecule has 1 saturated heterocycles. The minimum absolute atomic E-state index is 0. The lowest BCUT2D eigenvalue weighted by molar-refractivity contribution is -0.118. The molecule has 1 aromatic carbocycles. The molecule has 1 aliphatic rings. The van der Waals surface area contributed by atoms with Gasteiger partial charge in [-0.3, -0.25) is 9.69 Å². The number of halogens is 1. The van der Waals surface area contributed by atoms with Gasteiger partial charge in [0.1, 0.15) is 0 Å². The zero-order valence-electron chi connectivity index (χ0n) is 12.5. The number of rotatable bonds is 7. The largest absolute Gasteiger partial charge is 0.370 e. The van der Waals surface area contributed by atoms with Crippen LogP contribution in [0.5, 0.6) is 0 Å². The quantitative estimate of drug-likeness (QED) is 0.807. The van der Waals surface area contributed by atoms with Gasteiger partial charge in [0.2, 0.25) is 5.91 Å². The maximum atomic E-state index is 11.0. The van der Waals surface area contributed by atoms with Crippen molar-refractivity contribution in [3.05, 3.63) is 35.9 Å². The molecule has 1 aliphatic heterocycles. The minimum Gasteiger partial charge on any atom is -0.370 e. The second-order valence-electron chi connectivity index (χ2n) is 5.63. The molecule has 3 N–H and O–H groups in total. The number of hydrogen-bond donors (Lipinski definition) is 2. The van der Waals surface area contributed by atoms with Crippen LogP contribution in [0.4, 0.5) is 0 Å². The highest BCUT2D eigenvalue weighted by Crippen LogP contribution is 2.15. The summed E-state index contributed by atoms with van der Waals surface area (Å²) < 4.78 is 0. The van der Waals surface area contributed by atoms with Crippen molar-refractivity contribution in [1.29, 1.82) is 0 Å². The zero-order chi connectivity index (χ0) is 14.2. The number of nitrogens with one attached hydrogen (secondary N) is 1. The number of amides is 1. The van der Waals surface area contributed by atoms with E-state index in [9.17, 15) is 4.79 Å². The van der Waals surface area contributed by atoms with Gasteiger partial charge in [-0.25, -0.2) is 0 Å². The van der Waals surface area contributed by atoms with E-state index in [2.05, 4.69) is 34.5 Å². The molecule has 118 valence electrons. The van der Waals surface area contributed by atoms with E-state index >= 15 is 0 Å². The first kappa shape index (κ1) is 18.0. The Balaban J connectivity index is 0.00000220. The highest BCUT2D eigenvalue weighted by atomic mass is 35.5. The van der Waals surface area contributed by atoms with E-state index in [0.29, 0.717) is 6.42 Å². The smallest absolute Gasteiger partial charge is 0.218 e. The van der Waals surface area contributed by atoms with Crippen molar-refractivity contribution in [2.24, 2.45) is 11.7 Å². The van der Waals surface area contributed by atoms with Crippen LogP contribution in [0.3, 0.4) is 0 Å². The molecule has 4 nitrogen and oxygen atoms in total. The predicted octanol–water partition coefficient (Wildman–Crippen LogP) is 1.79. The Hall–Kier alpha value is -1.10. The standard InChI is InChI=1S/C16H25N3O.ClH/c17-16(20)8-11-19(12-14-4-2-1-3-5-14)13-15-6-9-18-10-7-15;/h1-5,15,18H,6-13H2,(H2,17,20);1H. The van der Waals surface area contributed by atoms with Crippen molar-refractivity contribution < 1.29 is 4.79 Å². The maximum absolute atomic E-state index is 11.0. The van der Waals surface area contributed by atoms with Gasteiger partial charge in [-0.1, -0.05) is 30.3 Å². The van der Waals surface area contributed by atoms with E-state index in [1.807, 2.05) is 6.07 Å². The number of hydrogen-bond acceptors (Lipinski definition) is 3. The average Bonchev–Trinajstić information content (AvgIpc) is 2.47. The van der Waals surface area contributed by atoms with E-state index in [1.54, 1.807) is 0 Å². The zero-order valence-corrected chi connectivity index (χ0v) is 13.3. The SMILES string of the molecule is Cl.NC(=O)CCN(Cc1ccccc1)CC1CCNCC1. The van der Waals surface area contributed by atoms with Gasteiger partial charge in [-0.05, 0) is 37.4 Å². The molecular weight excluding hydrogens is 286 g/mol. The highest BCUT2D eigenvalue weighted by molar-refractivity contribution is 5.85. The van der Waals surface area contributed by atoms with Crippen molar-refractivity contribution in [3.8, 4) is 0 Å². The molecule has 1 heterocycles. The number of piperidine rings is 1. The van der Waals surface area contributed by atoms with Gasteiger partial charge in [0.15, 0.2) is 0 Å². The summed E-state index contributed by atoms with van der Waals surface area (Å²) in [5.41, 5.74) is 6.59. The fourth-order valence-corrected chi connectivity index (χ4v) is 2.77. The molecule has 2 rings (SSSR count). The van der Waals surface area contributed by atoms with Gasteiger partial charge < -0.3 is 11.1 Å². The molecule has 1 aromatic rings. The van der Waals surface area contributed by atoms with Gasteiger partial charge in [-0.15, -0.1) is 12.4 Å². The van der Waals surface area contributed by atoms with Crippen molar-refractivity contribution in [2.45, 2.75) is 25.8 Å². The van der Waals surface area contributed by atoms with E-state index in [-0.39, 0.29) is 18.3 Å². The first-order valence-corrected chi connectivity index (χ1v) is 7.49. The molecule has 0 radical (unpaired) electrons. The summed E-state index contributed by atoms with van der Waals surface area (Å²) in [7, 11) is 0. The summed E-state index contributed by atoms with van der Waals surface area (Å²) in [5, 5.41) is 3.40. The van der Waals surface area contributed by atoms with E-state index < -0.39 is 0 Å². The molecule has 5 heteroatoms. The topological polar surface area (TPSA) is 58.4 Å². The molecular formula is C16H26ClN3O. The first-order chi connectivity index (χ1) is 9.74. The second kappa shape index (κ2) is 9.77. The Morgan fingerprint density at radius 1 is 1.24 bits per heavy atom. The van der Waals surface area contributed by atoms with Crippen LogP contribution in [0.15, 0.2) is 30.3 Å². The monoisotopic (exact) mass is 311 g/mol. The Labute approximate surface area is 133 Å². The molecule has 0 saturated carbocycles. The minimum atomic E-state index is -0.214. The number of carbonyl (C=O) groups excluding carboxylic acids is 1. The average molecular weight is 312 g/mol. The molecule has 0 atom stereocenters. The summed E-state index contributed by atoms with van der Waals surface area (Å²) in [4.78, 5) is 13.4. The fourth-order valence-electron chi connectivity index (χ4n) is 2.77. The highest BCUT2D eigenvalue weighted by Gasteiger charge is 2.17. The summed E-state index contributed by atoms with van der Waals surface area (Å²) in [6.45, 7) is 4.94. The van der Waals surface area contributed by atoms with Crippen LogP contribution in [0.25, 0.3) is 0 Å². The Morgan fingerprint density at radius 3 is 2.52 bits per heavy atom. The van der Waals surface area contributed by atoms with E-state index in [0.717, 1.165) is 38.6 Å². The molecule has 1 fully saturated rings. The molecule has 0 aliphatic carbocycles. The lowest BCUT2D eigenvalue weighted by atomic mass is 9.97. The number of nitrogens with zero attached hydrogens (tertiary/aromatic N) is 1. The Kier molecular flexibility index (Phi) is 8.35. The van der Waals surface area contributed by atoms with Crippen molar-refractivity contribution >= 4 is 18.3 Å². The summed E-state index contributed by atoms with van der Waals surface area (Å²) in [6, 6.07) is 10.4. The second-order valence-corrected chi connectivity index (χ2v) is 5.63. The van der Waals surface area contributed by atoms with E-state index in [1.165, 1.54) is 18.4 Å². The van der Waals surface area contributed by atoms with Crippen molar-refractivity contribution in [1.82, 2.24) is 10.2 Å². The third kappa shape index (κ3) is 6.93. The first-order valence-electron chi connectivity index (χ1n) is 7.49. The van der Waals surface area contributed by atoms with Crippen molar-refractivity contribution in [3.63, 3.8) is 0 Å². The predicted molar refractivity (Wildman–Crippen MR) is 88.4 cm³/mol. The molecule has 0 aromatic heterocycles. The number of primary amides is 1. The van der Waals surface area contributed by atoms with E-state index in [4.69, 9.17) is 5.73 Å². The maximum Gasteiger partial charge on any atom is 0.218 e. The van der Waals surface area contributed by atoms with Crippen LogP contribution in [-0.2, 0) is 11.3 Å². The number of benzene rings is 1. The number of carbonyl (C=O) groups is 1. The molecule has 1 amide bonds. The lowest BCUT2D eigenvalue weighted by Crippen LogP contribution is -2.37. The third-order valence-electron chi connectivity index (χ3n) is 3.90. The fraction of sp³-hybridized carbons (Fsp3) is 0.562. The van der Waals surface area contributed by atoms with Crippen LogP contribution in [0.2, 0.25) is 0 Å². The van der Waals surface area contributed by atoms with Crippen molar-refractivity contribution in [2.75, 3.05) is 26.2 Å². The summed E-state index contributed by atoms with van der Waals surface area (Å²) >= 11 is 0. The lowest BCUT2D eigenvalue weighted by Gasteiger charge is -2.30. The number of nitrogens with two attached hydrogens (primary N) is 1. The molecule has 0 unspecified atom stereocenters. The van der Waals surface area contributed by atoms with Gasteiger partial charge in [0.25, 0.3) is 0 Å². The van der Waals surface area contributed by atoms with Crippen LogP contribution in [-0.4, -0.2) is 37.0 Å². The van der Waals surface area contributed by atoms with Crippen LogP contribution in [0, 0.1) is 5.92 Å². The molecule has 0 spiro atoms. The third-order valence-corrected chi connectivity index (χ3v) is 3.90. The molecule has 21 heavy (non-hydrogen) atoms. The van der Waals surface area contributed by atoms with Crippen LogP contribution in [0.1, 0.15) is 24.8 Å². The van der Waals surface area contributed by atoms with Crippen LogP contribution >= 0.6 is 12.4 Å². The molecule has 0 bridgehead atoms. The van der Waals surface area contributed by atoms with Gasteiger partial charge in [0, 0.05) is 26.1 Å². The van der Waals surface area contributed by atoms with Gasteiger partial charge in [-0.2, -0.15) is 0 Å².